The number of rotatable bonds is 8. The monoisotopic (exact) mass is 254 g/mol. The van der Waals surface area contributed by atoms with Crippen molar-refractivity contribution >= 4 is 6.01 Å². The summed E-state index contributed by atoms with van der Waals surface area (Å²) in [6, 6.07) is 1.12. The summed E-state index contributed by atoms with van der Waals surface area (Å²) in [5.41, 5.74) is 0. The third-order valence-corrected chi connectivity index (χ3v) is 2.98. The van der Waals surface area contributed by atoms with Crippen LogP contribution < -0.4 is 10.2 Å². The zero-order valence-electron chi connectivity index (χ0n) is 12.2. The van der Waals surface area contributed by atoms with Gasteiger partial charge in [0.2, 0.25) is 5.89 Å². The van der Waals surface area contributed by atoms with E-state index in [2.05, 4.69) is 48.1 Å². The summed E-state index contributed by atoms with van der Waals surface area (Å²) >= 11 is 0. The van der Waals surface area contributed by atoms with Gasteiger partial charge in [0.25, 0.3) is 0 Å². The molecule has 0 unspecified atom stereocenters. The van der Waals surface area contributed by atoms with Crippen molar-refractivity contribution < 1.29 is 4.42 Å². The summed E-state index contributed by atoms with van der Waals surface area (Å²) in [6.07, 6.45) is 2.18. The highest BCUT2D eigenvalue weighted by molar-refractivity contribution is 5.26. The summed E-state index contributed by atoms with van der Waals surface area (Å²) in [5, 5.41) is 11.3. The number of nitrogens with zero attached hydrogens (tertiary/aromatic N) is 3. The standard InChI is InChI=1S/C13H26N4O/c1-6-11(7-2)17(9-10(3)4)13-16-15-12(18-13)8-14-5/h10-11,14H,6-9H2,1-5H3. The molecule has 18 heavy (non-hydrogen) atoms. The Hall–Kier alpha value is -1.10. The smallest absolute Gasteiger partial charge is 0.318 e. The number of aromatic nitrogens is 2. The molecule has 0 aliphatic rings. The normalized spacial score (nSPS) is 11.5. The zero-order chi connectivity index (χ0) is 13.5. The first-order valence-electron chi connectivity index (χ1n) is 6.85. The Morgan fingerprint density at radius 2 is 1.89 bits per heavy atom. The second-order valence-electron chi connectivity index (χ2n) is 5.03. The van der Waals surface area contributed by atoms with Crippen molar-refractivity contribution in [2.75, 3.05) is 18.5 Å². The molecule has 0 saturated carbocycles. The van der Waals surface area contributed by atoms with Crippen molar-refractivity contribution in [1.29, 1.82) is 0 Å². The van der Waals surface area contributed by atoms with E-state index in [1.807, 2.05) is 7.05 Å². The summed E-state index contributed by atoms with van der Waals surface area (Å²) in [4.78, 5) is 2.25. The van der Waals surface area contributed by atoms with Crippen molar-refractivity contribution in [2.45, 2.75) is 53.1 Å². The predicted octanol–water partition coefficient (Wildman–Crippen LogP) is 2.44. The maximum atomic E-state index is 5.71. The number of hydrogen-bond acceptors (Lipinski definition) is 5. The summed E-state index contributed by atoms with van der Waals surface area (Å²) in [6.45, 7) is 10.4. The summed E-state index contributed by atoms with van der Waals surface area (Å²) in [7, 11) is 1.87. The minimum absolute atomic E-state index is 0.468. The summed E-state index contributed by atoms with van der Waals surface area (Å²) in [5.74, 6) is 1.22. The lowest BCUT2D eigenvalue weighted by Gasteiger charge is -2.30. The lowest BCUT2D eigenvalue weighted by Crippen LogP contribution is -2.37. The van der Waals surface area contributed by atoms with Gasteiger partial charge in [0.1, 0.15) is 0 Å². The van der Waals surface area contributed by atoms with E-state index in [4.69, 9.17) is 4.42 Å². The van der Waals surface area contributed by atoms with Crippen LogP contribution >= 0.6 is 0 Å². The van der Waals surface area contributed by atoms with E-state index in [1.54, 1.807) is 0 Å². The molecule has 0 saturated heterocycles. The number of hydrogen-bond donors (Lipinski definition) is 1. The average Bonchev–Trinajstić information content (AvgIpc) is 2.78. The molecular formula is C13H26N4O. The van der Waals surface area contributed by atoms with Crippen LogP contribution in [0.15, 0.2) is 4.42 Å². The van der Waals surface area contributed by atoms with Gasteiger partial charge in [0.15, 0.2) is 0 Å². The fraction of sp³-hybridized carbons (Fsp3) is 0.846. The molecule has 0 atom stereocenters. The van der Waals surface area contributed by atoms with E-state index in [1.165, 1.54) is 0 Å². The second kappa shape index (κ2) is 7.36. The maximum absolute atomic E-state index is 5.71. The van der Waals surface area contributed by atoms with Crippen molar-refractivity contribution in [1.82, 2.24) is 15.5 Å². The molecule has 0 aliphatic heterocycles. The second-order valence-corrected chi connectivity index (χ2v) is 5.03. The molecule has 0 aromatic carbocycles. The van der Waals surface area contributed by atoms with Gasteiger partial charge in [-0.25, -0.2) is 0 Å². The number of anilines is 1. The molecule has 0 fully saturated rings. The Morgan fingerprint density at radius 3 is 2.39 bits per heavy atom. The quantitative estimate of drug-likeness (QED) is 0.772. The van der Waals surface area contributed by atoms with Crippen LogP contribution in [-0.2, 0) is 6.54 Å². The Morgan fingerprint density at radius 1 is 1.22 bits per heavy atom. The van der Waals surface area contributed by atoms with E-state index >= 15 is 0 Å². The van der Waals surface area contributed by atoms with Crippen LogP contribution in [0.2, 0.25) is 0 Å². The molecule has 5 heteroatoms. The molecule has 1 aromatic heterocycles. The van der Waals surface area contributed by atoms with E-state index in [9.17, 15) is 0 Å². The van der Waals surface area contributed by atoms with Crippen LogP contribution in [0, 0.1) is 5.92 Å². The van der Waals surface area contributed by atoms with Gasteiger partial charge < -0.3 is 14.6 Å². The topological polar surface area (TPSA) is 54.2 Å². The minimum Gasteiger partial charge on any atom is -0.407 e. The van der Waals surface area contributed by atoms with Crippen LogP contribution in [0.4, 0.5) is 6.01 Å². The molecule has 1 aromatic rings. The Kier molecular flexibility index (Phi) is 6.12. The fourth-order valence-corrected chi connectivity index (χ4v) is 2.09. The molecule has 0 amide bonds. The lowest BCUT2D eigenvalue weighted by atomic mass is 10.1. The van der Waals surface area contributed by atoms with Gasteiger partial charge in [0.05, 0.1) is 6.54 Å². The third kappa shape index (κ3) is 3.98. The van der Waals surface area contributed by atoms with Crippen LogP contribution in [0.1, 0.15) is 46.4 Å². The average molecular weight is 254 g/mol. The van der Waals surface area contributed by atoms with E-state index < -0.39 is 0 Å². The number of nitrogens with one attached hydrogen (secondary N) is 1. The summed E-state index contributed by atoms with van der Waals surface area (Å²) < 4.78 is 5.71. The van der Waals surface area contributed by atoms with Gasteiger partial charge in [0, 0.05) is 12.6 Å². The molecule has 0 spiro atoms. The molecule has 5 nitrogen and oxygen atoms in total. The van der Waals surface area contributed by atoms with E-state index in [0.29, 0.717) is 30.4 Å². The van der Waals surface area contributed by atoms with Gasteiger partial charge in [-0.05, 0) is 25.8 Å². The highest BCUT2D eigenvalue weighted by Gasteiger charge is 2.22. The first-order chi connectivity index (χ1) is 8.62. The first-order valence-corrected chi connectivity index (χ1v) is 6.85. The molecule has 104 valence electrons. The van der Waals surface area contributed by atoms with Crippen molar-refractivity contribution in [3.63, 3.8) is 0 Å². The predicted molar refractivity (Wildman–Crippen MR) is 73.6 cm³/mol. The fourth-order valence-electron chi connectivity index (χ4n) is 2.09. The van der Waals surface area contributed by atoms with E-state index in [-0.39, 0.29) is 0 Å². The molecule has 0 radical (unpaired) electrons. The molecular weight excluding hydrogens is 228 g/mol. The van der Waals surface area contributed by atoms with Gasteiger partial charge in [-0.1, -0.05) is 32.8 Å². The van der Waals surface area contributed by atoms with Crippen LogP contribution in [0.5, 0.6) is 0 Å². The van der Waals surface area contributed by atoms with Crippen LogP contribution in [-0.4, -0.2) is 29.8 Å². The Bertz CT molecular complexity index is 333. The molecule has 1 rings (SSSR count). The van der Waals surface area contributed by atoms with Gasteiger partial charge in [-0.15, -0.1) is 5.10 Å². The van der Waals surface area contributed by atoms with Gasteiger partial charge in [-0.2, -0.15) is 0 Å². The van der Waals surface area contributed by atoms with E-state index in [0.717, 1.165) is 19.4 Å². The third-order valence-electron chi connectivity index (χ3n) is 2.98. The molecule has 1 N–H and O–H groups in total. The highest BCUT2D eigenvalue weighted by atomic mass is 16.4. The van der Waals surface area contributed by atoms with Crippen molar-refractivity contribution in [2.24, 2.45) is 5.92 Å². The highest BCUT2D eigenvalue weighted by Crippen LogP contribution is 2.20. The minimum atomic E-state index is 0.468. The molecule has 1 heterocycles. The van der Waals surface area contributed by atoms with Crippen LogP contribution in [0.25, 0.3) is 0 Å². The first kappa shape index (κ1) is 15.0. The lowest BCUT2D eigenvalue weighted by molar-refractivity contribution is 0.425. The van der Waals surface area contributed by atoms with Crippen molar-refractivity contribution in [3.8, 4) is 0 Å². The van der Waals surface area contributed by atoms with Crippen LogP contribution in [0.3, 0.4) is 0 Å². The molecule has 0 aliphatic carbocycles. The Labute approximate surface area is 110 Å². The zero-order valence-corrected chi connectivity index (χ0v) is 12.2. The van der Waals surface area contributed by atoms with Gasteiger partial charge in [-0.3, -0.25) is 0 Å². The maximum Gasteiger partial charge on any atom is 0.318 e. The van der Waals surface area contributed by atoms with Gasteiger partial charge >= 0.3 is 6.01 Å². The molecule has 0 bridgehead atoms. The largest absolute Gasteiger partial charge is 0.407 e. The van der Waals surface area contributed by atoms with Crippen molar-refractivity contribution in [3.05, 3.63) is 5.89 Å². The Balaban J connectivity index is 2.85. The SMILES string of the molecule is CCC(CC)N(CC(C)C)c1nnc(CNC)o1.